The molecule has 0 saturated carbocycles. The second kappa shape index (κ2) is 4.28. The molecule has 12 heavy (non-hydrogen) atoms. The first kappa shape index (κ1) is 8.46. The van der Waals surface area contributed by atoms with Crippen LogP contribution in [0.4, 0.5) is 11.4 Å². The summed E-state index contributed by atoms with van der Waals surface area (Å²) in [6.45, 7) is 4.29. The highest BCUT2D eigenvalue weighted by molar-refractivity contribution is 5.50. The van der Waals surface area contributed by atoms with Crippen LogP contribution in [-0.4, -0.2) is 6.54 Å². The third-order valence-corrected chi connectivity index (χ3v) is 1.42. The van der Waals surface area contributed by atoms with Crippen LogP contribution in [0.15, 0.2) is 42.1 Å². The van der Waals surface area contributed by atoms with Crippen LogP contribution in [0.2, 0.25) is 0 Å². The molecule has 0 heterocycles. The van der Waals surface area contributed by atoms with Gasteiger partial charge in [-0.1, -0.05) is 6.08 Å². The van der Waals surface area contributed by atoms with E-state index in [1.54, 1.807) is 30.3 Å². The van der Waals surface area contributed by atoms with Crippen LogP contribution in [-0.2, 0) is 0 Å². The van der Waals surface area contributed by atoms with E-state index in [1.807, 2.05) is 0 Å². The Hall–Kier alpha value is -1.64. The second-order valence-electron chi connectivity index (χ2n) is 2.31. The van der Waals surface area contributed by atoms with E-state index in [4.69, 9.17) is 0 Å². The van der Waals surface area contributed by atoms with Crippen molar-refractivity contribution in [1.29, 1.82) is 0 Å². The fourth-order valence-corrected chi connectivity index (χ4v) is 0.830. The second-order valence-corrected chi connectivity index (χ2v) is 2.31. The quantitative estimate of drug-likeness (QED) is 0.546. The number of hydrogen-bond donors (Lipinski definition) is 1. The van der Waals surface area contributed by atoms with Crippen LogP contribution in [0.3, 0.4) is 0 Å². The normalized spacial score (nSPS) is 9.00. The first-order valence-electron chi connectivity index (χ1n) is 3.65. The third-order valence-electron chi connectivity index (χ3n) is 1.42. The van der Waals surface area contributed by atoms with E-state index in [0.29, 0.717) is 12.2 Å². The van der Waals surface area contributed by atoms with Crippen molar-refractivity contribution in [3.63, 3.8) is 0 Å². The van der Waals surface area contributed by atoms with Gasteiger partial charge in [0.15, 0.2) is 0 Å². The minimum absolute atomic E-state index is 0.444. The molecule has 62 valence electrons. The summed E-state index contributed by atoms with van der Waals surface area (Å²) in [6.07, 6.45) is 1.77. The third kappa shape index (κ3) is 2.20. The highest BCUT2D eigenvalue weighted by Gasteiger charge is 1.90. The molecule has 1 rings (SSSR count). The van der Waals surface area contributed by atoms with Crippen molar-refractivity contribution in [2.45, 2.75) is 0 Å². The molecule has 3 nitrogen and oxygen atoms in total. The maximum atomic E-state index is 10.0. The van der Waals surface area contributed by atoms with Gasteiger partial charge in [0.25, 0.3) is 0 Å². The molecule has 0 saturated heterocycles. The Bertz CT molecular complexity index is 266. The SMILES string of the molecule is C=CCNc1ccc(N=O)cc1. The minimum atomic E-state index is 0.444. The molecular weight excluding hydrogens is 152 g/mol. The number of nitrogens with zero attached hydrogens (tertiary/aromatic N) is 1. The molecule has 1 aromatic rings. The highest BCUT2D eigenvalue weighted by atomic mass is 16.3. The number of benzene rings is 1. The predicted octanol–water partition coefficient (Wildman–Crippen LogP) is 2.68. The van der Waals surface area contributed by atoms with E-state index in [0.717, 1.165) is 5.69 Å². The Morgan fingerprint density at radius 2 is 2.08 bits per heavy atom. The van der Waals surface area contributed by atoms with Gasteiger partial charge in [-0.2, -0.15) is 0 Å². The van der Waals surface area contributed by atoms with Crippen molar-refractivity contribution in [3.8, 4) is 0 Å². The van der Waals surface area contributed by atoms with Crippen LogP contribution in [0, 0.1) is 4.91 Å². The van der Waals surface area contributed by atoms with E-state index < -0.39 is 0 Å². The molecule has 0 amide bonds. The Kier molecular flexibility index (Phi) is 3.02. The van der Waals surface area contributed by atoms with E-state index in [2.05, 4.69) is 17.1 Å². The van der Waals surface area contributed by atoms with Crippen LogP contribution in [0.25, 0.3) is 0 Å². The van der Waals surface area contributed by atoms with Crippen molar-refractivity contribution in [3.05, 3.63) is 41.8 Å². The fourth-order valence-electron chi connectivity index (χ4n) is 0.830. The van der Waals surface area contributed by atoms with Crippen LogP contribution in [0.1, 0.15) is 0 Å². The number of nitroso groups, excluding NO2 is 1. The molecular formula is C9H10N2O. The van der Waals surface area contributed by atoms with Crippen LogP contribution in [0.5, 0.6) is 0 Å². The zero-order valence-corrected chi connectivity index (χ0v) is 6.66. The summed E-state index contributed by atoms with van der Waals surface area (Å²) in [5.74, 6) is 0. The van der Waals surface area contributed by atoms with Crippen LogP contribution >= 0.6 is 0 Å². The molecule has 0 spiro atoms. The smallest absolute Gasteiger partial charge is 0.108 e. The van der Waals surface area contributed by atoms with Crippen molar-refractivity contribution < 1.29 is 0 Å². The Morgan fingerprint density at radius 3 is 2.58 bits per heavy atom. The molecule has 0 aliphatic rings. The Balaban J connectivity index is 2.64. The minimum Gasteiger partial charge on any atom is -0.382 e. The van der Waals surface area contributed by atoms with Gasteiger partial charge in [0.1, 0.15) is 5.69 Å². The fraction of sp³-hybridized carbons (Fsp3) is 0.111. The first-order valence-corrected chi connectivity index (χ1v) is 3.65. The lowest BCUT2D eigenvalue weighted by atomic mass is 10.3. The van der Waals surface area contributed by atoms with Crippen LogP contribution < -0.4 is 5.32 Å². The van der Waals surface area contributed by atoms with Crippen molar-refractivity contribution in [1.82, 2.24) is 0 Å². The van der Waals surface area contributed by atoms with E-state index in [1.165, 1.54) is 0 Å². The molecule has 0 fully saturated rings. The lowest BCUT2D eigenvalue weighted by Crippen LogP contribution is -1.96. The van der Waals surface area contributed by atoms with Gasteiger partial charge in [-0.15, -0.1) is 11.5 Å². The molecule has 0 unspecified atom stereocenters. The van der Waals surface area contributed by atoms with Crippen molar-refractivity contribution >= 4 is 11.4 Å². The molecule has 0 atom stereocenters. The molecule has 0 aliphatic carbocycles. The molecule has 1 N–H and O–H groups in total. The number of hydrogen-bond acceptors (Lipinski definition) is 3. The van der Waals surface area contributed by atoms with Gasteiger partial charge in [-0.25, -0.2) is 0 Å². The van der Waals surface area contributed by atoms with Gasteiger partial charge >= 0.3 is 0 Å². The van der Waals surface area contributed by atoms with Crippen molar-refractivity contribution in [2.24, 2.45) is 5.18 Å². The van der Waals surface area contributed by atoms with Gasteiger partial charge < -0.3 is 5.32 Å². The average Bonchev–Trinajstić information content (AvgIpc) is 2.15. The zero-order valence-electron chi connectivity index (χ0n) is 6.66. The summed E-state index contributed by atoms with van der Waals surface area (Å²) < 4.78 is 0. The summed E-state index contributed by atoms with van der Waals surface area (Å²) in [6, 6.07) is 6.94. The maximum absolute atomic E-state index is 10.0. The molecule has 1 aromatic carbocycles. The number of anilines is 1. The maximum Gasteiger partial charge on any atom is 0.108 e. The van der Waals surface area contributed by atoms with E-state index in [9.17, 15) is 4.91 Å². The zero-order chi connectivity index (χ0) is 8.81. The Labute approximate surface area is 71.1 Å². The lowest BCUT2D eigenvalue weighted by molar-refractivity contribution is 1.34. The topological polar surface area (TPSA) is 41.5 Å². The van der Waals surface area contributed by atoms with Crippen molar-refractivity contribution in [2.75, 3.05) is 11.9 Å². The highest BCUT2D eigenvalue weighted by Crippen LogP contribution is 2.15. The molecule has 0 aromatic heterocycles. The predicted molar refractivity (Wildman–Crippen MR) is 50.6 cm³/mol. The number of nitrogens with one attached hydrogen (secondary N) is 1. The standard InChI is InChI=1S/C9H10N2O/c1-2-7-10-8-3-5-9(11-12)6-4-8/h2-6,10H,1,7H2. The summed E-state index contributed by atoms with van der Waals surface area (Å²) in [5.41, 5.74) is 1.40. The first-order chi connectivity index (χ1) is 5.86. The van der Waals surface area contributed by atoms with Gasteiger partial charge in [-0.3, -0.25) is 0 Å². The molecule has 3 heteroatoms. The summed E-state index contributed by atoms with van der Waals surface area (Å²) in [4.78, 5) is 10.0. The van der Waals surface area contributed by atoms with E-state index >= 15 is 0 Å². The summed E-state index contributed by atoms with van der Waals surface area (Å²) >= 11 is 0. The summed E-state index contributed by atoms with van der Waals surface area (Å²) in [5, 5.41) is 5.88. The largest absolute Gasteiger partial charge is 0.382 e. The van der Waals surface area contributed by atoms with E-state index in [-0.39, 0.29) is 0 Å². The number of rotatable bonds is 4. The van der Waals surface area contributed by atoms with Gasteiger partial charge in [0, 0.05) is 12.2 Å². The van der Waals surface area contributed by atoms with Gasteiger partial charge in [0.2, 0.25) is 0 Å². The molecule has 0 aliphatic heterocycles. The monoisotopic (exact) mass is 162 g/mol. The molecule has 0 bridgehead atoms. The van der Waals surface area contributed by atoms with Gasteiger partial charge in [-0.05, 0) is 29.4 Å². The summed E-state index contributed by atoms with van der Waals surface area (Å²) in [7, 11) is 0. The lowest BCUT2D eigenvalue weighted by Gasteiger charge is -2.01. The Morgan fingerprint density at radius 1 is 1.42 bits per heavy atom. The van der Waals surface area contributed by atoms with Gasteiger partial charge in [0.05, 0.1) is 0 Å². The molecule has 0 radical (unpaired) electrons. The average molecular weight is 162 g/mol.